The Bertz CT molecular complexity index is 1510. The van der Waals surface area contributed by atoms with Crippen LogP contribution < -0.4 is 10.1 Å². The lowest BCUT2D eigenvalue weighted by atomic mass is 10.0. The number of nitrogens with one attached hydrogen (secondary N) is 1. The van der Waals surface area contributed by atoms with E-state index in [1.54, 1.807) is 17.9 Å². The van der Waals surface area contributed by atoms with E-state index >= 15 is 0 Å². The summed E-state index contributed by atoms with van der Waals surface area (Å²) in [6, 6.07) is 18.9. The Morgan fingerprint density at radius 2 is 1.89 bits per heavy atom. The van der Waals surface area contributed by atoms with E-state index < -0.39 is 9.84 Å². The van der Waals surface area contributed by atoms with E-state index in [9.17, 15) is 13.2 Å². The number of hydrogen-bond donors (Lipinski definition) is 1. The van der Waals surface area contributed by atoms with Crippen LogP contribution in [0.1, 0.15) is 34.1 Å². The molecule has 1 aliphatic rings. The molecular formula is C27H28N4O4S. The third-order valence-corrected chi connectivity index (χ3v) is 8.31. The van der Waals surface area contributed by atoms with Gasteiger partial charge in [0.25, 0.3) is 5.91 Å². The molecule has 2 aromatic carbocycles. The van der Waals surface area contributed by atoms with Crippen LogP contribution in [0, 0.1) is 6.92 Å². The lowest BCUT2D eigenvalue weighted by Crippen LogP contribution is -2.26. The summed E-state index contributed by atoms with van der Waals surface area (Å²) < 4.78 is 31.2. The van der Waals surface area contributed by atoms with Crippen LogP contribution in [0.2, 0.25) is 0 Å². The monoisotopic (exact) mass is 504 g/mol. The van der Waals surface area contributed by atoms with Crippen molar-refractivity contribution in [2.24, 2.45) is 0 Å². The molecule has 1 fully saturated rings. The predicted molar refractivity (Wildman–Crippen MR) is 139 cm³/mol. The number of aromatic nitrogens is 3. The van der Waals surface area contributed by atoms with Crippen LogP contribution >= 0.6 is 0 Å². The predicted octanol–water partition coefficient (Wildman–Crippen LogP) is 3.75. The van der Waals surface area contributed by atoms with E-state index in [1.165, 1.54) is 0 Å². The molecule has 3 heterocycles. The van der Waals surface area contributed by atoms with Gasteiger partial charge in [-0.3, -0.25) is 4.79 Å². The summed E-state index contributed by atoms with van der Waals surface area (Å²) in [5, 5.41) is 8.35. The number of aryl methyl sites for hydroxylation is 1. The van der Waals surface area contributed by atoms with E-state index in [1.807, 2.05) is 61.5 Å². The number of carbonyl (C=O) groups excluding carboxylic acids is 1. The van der Waals surface area contributed by atoms with Crippen LogP contribution in [0.4, 0.5) is 0 Å². The average molecular weight is 505 g/mol. The zero-order valence-corrected chi connectivity index (χ0v) is 21.1. The van der Waals surface area contributed by atoms with Crippen LogP contribution in [0.3, 0.4) is 0 Å². The van der Waals surface area contributed by atoms with Gasteiger partial charge in [0.2, 0.25) is 0 Å². The number of benzene rings is 2. The topological polar surface area (TPSA) is 103 Å². The first kappa shape index (κ1) is 24.0. The fourth-order valence-corrected chi connectivity index (χ4v) is 6.37. The van der Waals surface area contributed by atoms with E-state index in [0.717, 1.165) is 16.9 Å². The van der Waals surface area contributed by atoms with E-state index in [0.29, 0.717) is 47.4 Å². The number of nitrogens with zero attached hydrogens (tertiary/aromatic N) is 3. The smallest absolute Gasteiger partial charge is 0.252 e. The number of methoxy groups -OCH3 is 1. The molecule has 2 aromatic heterocycles. The molecule has 186 valence electrons. The first-order valence-corrected chi connectivity index (χ1v) is 13.7. The van der Waals surface area contributed by atoms with Gasteiger partial charge >= 0.3 is 0 Å². The maximum absolute atomic E-state index is 13.4. The van der Waals surface area contributed by atoms with Gasteiger partial charge in [0, 0.05) is 12.1 Å². The van der Waals surface area contributed by atoms with Crippen molar-refractivity contribution in [3.63, 3.8) is 0 Å². The highest BCUT2D eigenvalue weighted by Gasteiger charge is 2.32. The largest absolute Gasteiger partial charge is 0.497 e. The Hall–Kier alpha value is -3.72. The molecule has 0 bridgehead atoms. The standard InChI is InChI=1S/C27H28N4O4S/c1-18-25-23(27(32)28-14-12-19-8-10-22(35-2)11-9-19)16-24(20-6-4-3-5-7-20)29-26(25)31(30-18)21-13-15-36(33,34)17-21/h3-11,16,21H,12-15,17H2,1-2H3,(H,28,32). The Balaban J connectivity index is 1.49. The van der Waals surface area contributed by atoms with Crippen molar-refractivity contribution >= 4 is 26.8 Å². The van der Waals surface area contributed by atoms with E-state index in [-0.39, 0.29) is 23.5 Å². The van der Waals surface area contributed by atoms with E-state index in [2.05, 4.69) is 10.4 Å². The molecule has 1 saturated heterocycles. The molecule has 1 atom stereocenters. The molecule has 1 N–H and O–H groups in total. The molecular weight excluding hydrogens is 476 g/mol. The molecule has 0 aliphatic carbocycles. The summed E-state index contributed by atoms with van der Waals surface area (Å²) in [7, 11) is -1.48. The summed E-state index contributed by atoms with van der Waals surface area (Å²) in [6.45, 7) is 2.30. The fourth-order valence-electron chi connectivity index (χ4n) is 4.68. The number of amides is 1. The van der Waals surface area contributed by atoms with Gasteiger partial charge in [-0.05, 0) is 43.5 Å². The number of fused-ring (bicyclic) bond motifs is 1. The molecule has 5 rings (SSSR count). The zero-order chi connectivity index (χ0) is 25.3. The Kier molecular flexibility index (Phi) is 6.49. The zero-order valence-electron chi connectivity index (χ0n) is 20.3. The minimum atomic E-state index is -3.11. The van der Waals surface area contributed by atoms with Crippen LogP contribution in [-0.4, -0.2) is 54.2 Å². The molecule has 36 heavy (non-hydrogen) atoms. The van der Waals surface area contributed by atoms with Gasteiger partial charge in [0.15, 0.2) is 15.5 Å². The second-order valence-corrected chi connectivity index (χ2v) is 11.3. The molecule has 0 spiro atoms. The number of rotatable bonds is 7. The maximum atomic E-state index is 13.4. The first-order chi connectivity index (χ1) is 17.3. The van der Waals surface area contributed by atoms with Crippen molar-refractivity contribution in [2.75, 3.05) is 25.2 Å². The van der Waals surface area contributed by atoms with Crippen molar-refractivity contribution < 1.29 is 17.9 Å². The summed E-state index contributed by atoms with van der Waals surface area (Å²) >= 11 is 0. The Labute approximate surface area is 210 Å². The number of carbonyl (C=O) groups is 1. The minimum Gasteiger partial charge on any atom is -0.497 e. The van der Waals surface area contributed by atoms with Crippen LogP contribution in [0.15, 0.2) is 60.7 Å². The second kappa shape index (κ2) is 9.73. The normalized spacial score (nSPS) is 16.8. The molecule has 0 saturated carbocycles. The van der Waals surface area contributed by atoms with Crippen molar-refractivity contribution in [1.82, 2.24) is 20.1 Å². The molecule has 1 unspecified atom stereocenters. The minimum absolute atomic E-state index is 0.0316. The summed E-state index contributed by atoms with van der Waals surface area (Å²) in [5.41, 5.74) is 4.28. The SMILES string of the molecule is COc1ccc(CCNC(=O)c2cc(-c3ccccc3)nc3c2c(C)nn3C2CCS(=O)(=O)C2)cc1. The van der Waals surface area contributed by atoms with Gasteiger partial charge in [0.05, 0.1) is 47.0 Å². The van der Waals surface area contributed by atoms with Gasteiger partial charge in [0.1, 0.15) is 5.75 Å². The number of hydrogen-bond acceptors (Lipinski definition) is 6. The highest BCUT2D eigenvalue weighted by Crippen LogP contribution is 2.32. The molecule has 1 aliphatic heterocycles. The molecule has 1 amide bonds. The molecule has 8 nitrogen and oxygen atoms in total. The van der Waals surface area contributed by atoms with Gasteiger partial charge in [-0.15, -0.1) is 0 Å². The summed E-state index contributed by atoms with van der Waals surface area (Å²) in [6.07, 6.45) is 1.16. The van der Waals surface area contributed by atoms with Crippen molar-refractivity contribution in [2.45, 2.75) is 25.8 Å². The highest BCUT2D eigenvalue weighted by atomic mass is 32.2. The van der Waals surface area contributed by atoms with Crippen molar-refractivity contribution in [1.29, 1.82) is 0 Å². The van der Waals surface area contributed by atoms with Crippen molar-refractivity contribution in [3.05, 3.63) is 77.5 Å². The third-order valence-electron chi connectivity index (χ3n) is 6.56. The van der Waals surface area contributed by atoms with Crippen LogP contribution in [0.5, 0.6) is 5.75 Å². The fraction of sp³-hybridized carbons (Fsp3) is 0.296. The number of ether oxygens (including phenoxy) is 1. The second-order valence-electron chi connectivity index (χ2n) is 9.06. The third kappa shape index (κ3) is 4.83. The van der Waals surface area contributed by atoms with Gasteiger partial charge in [-0.25, -0.2) is 18.1 Å². The highest BCUT2D eigenvalue weighted by molar-refractivity contribution is 7.91. The van der Waals surface area contributed by atoms with Gasteiger partial charge < -0.3 is 10.1 Å². The number of pyridine rings is 1. The van der Waals surface area contributed by atoms with Crippen molar-refractivity contribution in [3.8, 4) is 17.0 Å². The maximum Gasteiger partial charge on any atom is 0.252 e. The molecule has 4 aromatic rings. The van der Waals surface area contributed by atoms with E-state index in [4.69, 9.17) is 9.72 Å². The molecule has 9 heteroatoms. The lowest BCUT2D eigenvalue weighted by Gasteiger charge is -2.12. The summed E-state index contributed by atoms with van der Waals surface area (Å²) in [5.74, 6) is 0.742. The van der Waals surface area contributed by atoms with Gasteiger partial charge in [-0.1, -0.05) is 42.5 Å². The Morgan fingerprint density at radius 3 is 2.56 bits per heavy atom. The lowest BCUT2D eigenvalue weighted by molar-refractivity contribution is 0.0955. The molecule has 0 radical (unpaired) electrons. The quantitative estimate of drug-likeness (QED) is 0.411. The first-order valence-electron chi connectivity index (χ1n) is 11.9. The number of sulfone groups is 1. The van der Waals surface area contributed by atoms with Crippen LogP contribution in [-0.2, 0) is 16.3 Å². The van der Waals surface area contributed by atoms with Crippen LogP contribution in [0.25, 0.3) is 22.3 Å². The Morgan fingerprint density at radius 1 is 1.14 bits per heavy atom. The van der Waals surface area contributed by atoms with Gasteiger partial charge in [-0.2, -0.15) is 5.10 Å². The summed E-state index contributed by atoms with van der Waals surface area (Å²) in [4.78, 5) is 18.3. The average Bonchev–Trinajstić information content (AvgIpc) is 3.42.